The summed E-state index contributed by atoms with van der Waals surface area (Å²) in [6.07, 6.45) is 8.40. The molecular formula is C17H35N3O. The summed E-state index contributed by atoms with van der Waals surface area (Å²) in [5, 5.41) is 3.05. The highest BCUT2D eigenvalue weighted by Crippen LogP contribution is 2.31. The normalized spacial score (nSPS) is 18.8. The first-order valence-electron chi connectivity index (χ1n) is 8.76. The van der Waals surface area contributed by atoms with Crippen molar-refractivity contribution in [2.24, 2.45) is 11.7 Å². The Morgan fingerprint density at radius 3 is 2.33 bits per heavy atom. The highest BCUT2D eigenvalue weighted by molar-refractivity contribution is 5.78. The summed E-state index contributed by atoms with van der Waals surface area (Å²) in [5.74, 6) is 0.777. The molecule has 4 nitrogen and oxygen atoms in total. The first kappa shape index (κ1) is 18.4. The van der Waals surface area contributed by atoms with Gasteiger partial charge in [-0.05, 0) is 31.7 Å². The van der Waals surface area contributed by atoms with Crippen LogP contribution in [0.5, 0.6) is 0 Å². The number of hydrogen-bond donors (Lipinski definition) is 2. The van der Waals surface area contributed by atoms with E-state index < -0.39 is 0 Å². The topological polar surface area (TPSA) is 58.4 Å². The molecule has 0 bridgehead atoms. The van der Waals surface area contributed by atoms with Crippen LogP contribution in [-0.2, 0) is 4.79 Å². The summed E-state index contributed by atoms with van der Waals surface area (Å²) in [7, 11) is 0. The maximum atomic E-state index is 12.2. The highest BCUT2D eigenvalue weighted by atomic mass is 16.2. The van der Waals surface area contributed by atoms with E-state index in [-0.39, 0.29) is 11.4 Å². The summed E-state index contributed by atoms with van der Waals surface area (Å²) < 4.78 is 0. The summed E-state index contributed by atoms with van der Waals surface area (Å²) in [5.41, 5.74) is 6.17. The minimum Gasteiger partial charge on any atom is -0.355 e. The maximum absolute atomic E-state index is 12.2. The van der Waals surface area contributed by atoms with Crippen LogP contribution < -0.4 is 11.1 Å². The lowest BCUT2D eigenvalue weighted by Crippen LogP contribution is -2.56. The molecule has 0 radical (unpaired) electrons. The largest absolute Gasteiger partial charge is 0.355 e. The molecule has 124 valence electrons. The molecule has 0 atom stereocenters. The fourth-order valence-corrected chi connectivity index (χ4v) is 3.38. The van der Waals surface area contributed by atoms with Gasteiger partial charge in [0.15, 0.2) is 0 Å². The van der Waals surface area contributed by atoms with Crippen molar-refractivity contribution in [1.82, 2.24) is 10.2 Å². The number of nitrogens with two attached hydrogens (primary N) is 1. The molecule has 1 fully saturated rings. The van der Waals surface area contributed by atoms with E-state index in [1.807, 2.05) is 0 Å². The summed E-state index contributed by atoms with van der Waals surface area (Å²) in [6, 6.07) is 0. The zero-order valence-electron chi connectivity index (χ0n) is 14.3. The molecule has 0 aromatic carbocycles. The first-order valence-corrected chi connectivity index (χ1v) is 8.76. The number of hydrogen-bond acceptors (Lipinski definition) is 3. The molecule has 0 unspecified atom stereocenters. The van der Waals surface area contributed by atoms with E-state index in [2.05, 4.69) is 31.0 Å². The smallest absolute Gasteiger partial charge is 0.234 e. The fraction of sp³-hybridized carbons (Fsp3) is 0.941. The van der Waals surface area contributed by atoms with E-state index in [0.717, 1.165) is 32.4 Å². The van der Waals surface area contributed by atoms with Crippen LogP contribution in [0.25, 0.3) is 0 Å². The van der Waals surface area contributed by atoms with Gasteiger partial charge >= 0.3 is 0 Å². The van der Waals surface area contributed by atoms with Crippen LogP contribution >= 0.6 is 0 Å². The quantitative estimate of drug-likeness (QED) is 0.677. The van der Waals surface area contributed by atoms with Crippen molar-refractivity contribution >= 4 is 5.91 Å². The van der Waals surface area contributed by atoms with Gasteiger partial charge in [0.1, 0.15) is 0 Å². The van der Waals surface area contributed by atoms with E-state index in [0.29, 0.717) is 19.0 Å². The Hall–Kier alpha value is -0.610. The summed E-state index contributed by atoms with van der Waals surface area (Å²) in [6.45, 7) is 9.34. The number of carbonyl (C=O) groups excluding carboxylic acids is 1. The molecule has 1 amide bonds. The van der Waals surface area contributed by atoms with Crippen LogP contribution in [0.15, 0.2) is 0 Å². The molecule has 0 aromatic rings. The lowest BCUT2D eigenvalue weighted by Gasteiger charge is -2.42. The Morgan fingerprint density at radius 1 is 1.24 bits per heavy atom. The second-order valence-corrected chi connectivity index (χ2v) is 6.89. The predicted octanol–water partition coefficient (Wildman–Crippen LogP) is 2.52. The predicted molar refractivity (Wildman–Crippen MR) is 89.2 cm³/mol. The fourth-order valence-electron chi connectivity index (χ4n) is 3.38. The Morgan fingerprint density at radius 2 is 1.86 bits per heavy atom. The van der Waals surface area contributed by atoms with Gasteiger partial charge in [0, 0.05) is 18.6 Å². The van der Waals surface area contributed by atoms with Gasteiger partial charge in [-0.1, -0.05) is 46.5 Å². The Balaban J connectivity index is 2.56. The molecule has 3 N–H and O–H groups in total. The van der Waals surface area contributed by atoms with Gasteiger partial charge < -0.3 is 11.1 Å². The van der Waals surface area contributed by atoms with E-state index in [1.54, 1.807) is 0 Å². The van der Waals surface area contributed by atoms with Crippen LogP contribution in [0.2, 0.25) is 0 Å². The molecule has 0 aliphatic heterocycles. The minimum atomic E-state index is 0.0423. The number of carbonyl (C=O) groups is 1. The van der Waals surface area contributed by atoms with Crippen molar-refractivity contribution in [2.45, 2.75) is 71.3 Å². The van der Waals surface area contributed by atoms with Crippen molar-refractivity contribution in [3.05, 3.63) is 0 Å². The lowest BCUT2D eigenvalue weighted by molar-refractivity contribution is -0.124. The molecule has 0 aromatic heterocycles. The van der Waals surface area contributed by atoms with E-state index >= 15 is 0 Å². The summed E-state index contributed by atoms with van der Waals surface area (Å²) in [4.78, 5) is 14.5. The zero-order valence-corrected chi connectivity index (χ0v) is 14.3. The minimum absolute atomic E-state index is 0.0423. The second-order valence-electron chi connectivity index (χ2n) is 6.89. The number of amides is 1. The maximum Gasteiger partial charge on any atom is 0.234 e. The van der Waals surface area contributed by atoms with Gasteiger partial charge in [0.2, 0.25) is 5.91 Å². The van der Waals surface area contributed by atoms with E-state index in [4.69, 9.17) is 5.73 Å². The van der Waals surface area contributed by atoms with Crippen molar-refractivity contribution in [2.75, 3.05) is 26.2 Å². The van der Waals surface area contributed by atoms with Gasteiger partial charge in [0.05, 0.1) is 6.54 Å². The van der Waals surface area contributed by atoms with Crippen LogP contribution in [0.3, 0.4) is 0 Å². The van der Waals surface area contributed by atoms with E-state index in [1.165, 1.54) is 25.7 Å². The SMILES string of the molecule is CCN(CC(=O)NCCC(C)C)C1(CN)CCCCCC1. The molecule has 4 heteroatoms. The van der Waals surface area contributed by atoms with Crippen LogP contribution in [0, 0.1) is 5.92 Å². The highest BCUT2D eigenvalue weighted by Gasteiger charge is 2.35. The third kappa shape index (κ3) is 5.95. The van der Waals surface area contributed by atoms with Crippen molar-refractivity contribution in [3.63, 3.8) is 0 Å². The lowest BCUT2D eigenvalue weighted by atomic mass is 9.88. The molecule has 0 saturated heterocycles. The Bertz CT molecular complexity index is 296. The van der Waals surface area contributed by atoms with E-state index in [9.17, 15) is 4.79 Å². The number of likely N-dealkylation sites (N-methyl/N-ethyl adjacent to an activating group) is 1. The molecule has 1 aliphatic rings. The van der Waals surface area contributed by atoms with Gasteiger partial charge in [0.25, 0.3) is 0 Å². The molecule has 0 heterocycles. The first-order chi connectivity index (χ1) is 10.0. The zero-order chi connectivity index (χ0) is 15.7. The third-order valence-corrected chi connectivity index (χ3v) is 4.85. The van der Waals surface area contributed by atoms with Crippen molar-refractivity contribution < 1.29 is 4.79 Å². The Labute approximate surface area is 130 Å². The molecule has 1 aliphatic carbocycles. The number of rotatable bonds is 8. The van der Waals surface area contributed by atoms with Gasteiger partial charge in [-0.15, -0.1) is 0 Å². The number of nitrogens with zero attached hydrogens (tertiary/aromatic N) is 1. The van der Waals surface area contributed by atoms with Crippen LogP contribution in [-0.4, -0.2) is 42.5 Å². The average molecular weight is 297 g/mol. The summed E-state index contributed by atoms with van der Waals surface area (Å²) >= 11 is 0. The van der Waals surface area contributed by atoms with Gasteiger partial charge in [-0.25, -0.2) is 0 Å². The van der Waals surface area contributed by atoms with Crippen LogP contribution in [0.1, 0.15) is 65.7 Å². The molecular weight excluding hydrogens is 262 g/mol. The molecule has 1 rings (SSSR count). The molecule has 1 saturated carbocycles. The number of nitrogens with one attached hydrogen (secondary N) is 1. The van der Waals surface area contributed by atoms with Gasteiger partial charge in [-0.2, -0.15) is 0 Å². The van der Waals surface area contributed by atoms with Gasteiger partial charge in [-0.3, -0.25) is 9.69 Å². The average Bonchev–Trinajstić information content (AvgIpc) is 2.70. The Kier molecular flexibility index (Phi) is 8.27. The van der Waals surface area contributed by atoms with Crippen molar-refractivity contribution in [3.8, 4) is 0 Å². The molecule has 0 spiro atoms. The second kappa shape index (κ2) is 9.42. The van der Waals surface area contributed by atoms with Crippen molar-refractivity contribution in [1.29, 1.82) is 0 Å². The standard InChI is InChI=1S/C17H35N3O/c1-4-20(13-16(21)19-12-9-15(2)3)17(14-18)10-7-5-6-8-11-17/h15H,4-14,18H2,1-3H3,(H,19,21). The molecule has 21 heavy (non-hydrogen) atoms. The third-order valence-electron chi connectivity index (χ3n) is 4.85. The van der Waals surface area contributed by atoms with Crippen LogP contribution in [0.4, 0.5) is 0 Å². The monoisotopic (exact) mass is 297 g/mol.